The van der Waals surface area contributed by atoms with Gasteiger partial charge in [-0.25, -0.2) is 4.79 Å². The number of anilines is 1. The van der Waals surface area contributed by atoms with E-state index in [9.17, 15) is 14.4 Å². The number of nitrogens with one attached hydrogen (secondary N) is 2. The Morgan fingerprint density at radius 3 is 2.33 bits per heavy atom. The molecule has 11 heteroatoms. The summed E-state index contributed by atoms with van der Waals surface area (Å²) in [6.45, 7) is 0.222. The molecule has 0 bridgehead atoms. The Kier molecular flexibility index (Phi) is 9.58. The minimum absolute atomic E-state index is 0.180. The number of hydrogen-bond acceptors (Lipinski definition) is 5. The second kappa shape index (κ2) is 12.6. The monoisotopic (exact) mass is 531 g/mol. The molecule has 3 rings (SSSR count). The number of azide groups is 1. The molecule has 9 nitrogen and oxygen atoms in total. The number of nitrogens with zero attached hydrogens (tertiary/aromatic N) is 3. The molecule has 0 unspecified atom stereocenters. The molecule has 0 aromatic heterocycles. The first-order valence-corrected chi connectivity index (χ1v) is 12.3. The van der Waals surface area contributed by atoms with Crippen molar-refractivity contribution in [2.45, 2.75) is 44.6 Å². The van der Waals surface area contributed by atoms with Crippen LogP contribution in [-0.2, 0) is 20.7 Å². The van der Waals surface area contributed by atoms with Gasteiger partial charge in [-0.15, -0.1) is 0 Å². The number of benzene rings is 2. The Bertz CT molecular complexity index is 1140. The van der Waals surface area contributed by atoms with Crippen molar-refractivity contribution in [3.63, 3.8) is 0 Å². The van der Waals surface area contributed by atoms with Gasteiger partial charge < -0.3 is 15.4 Å². The van der Waals surface area contributed by atoms with Crippen LogP contribution in [0.4, 0.5) is 5.69 Å². The van der Waals surface area contributed by atoms with Crippen molar-refractivity contribution in [3.05, 3.63) is 74.1 Å². The van der Waals surface area contributed by atoms with Crippen LogP contribution in [0.25, 0.3) is 10.4 Å². The number of hydrogen-bond donors (Lipinski definition) is 2. The lowest BCUT2D eigenvalue weighted by molar-refractivity contribution is -0.146. The van der Waals surface area contributed by atoms with Gasteiger partial charge in [-0.2, -0.15) is 0 Å². The molecule has 1 atom stereocenters. The van der Waals surface area contributed by atoms with Gasteiger partial charge in [-0.05, 0) is 54.6 Å². The van der Waals surface area contributed by atoms with Crippen LogP contribution in [0.2, 0.25) is 10.0 Å². The summed E-state index contributed by atoms with van der Waals surface area (Å²) >= 11 is 12.2. The maximum absolute atomic E-state index is 13.2. The Hall–Kier alpha value is -3.26. The maximum Gasteiger partial charge on any atom is 0.328 e. The third kappa shape index (κ3) is 6.69. The molecule has 1 fully saturated rings. The van der Waals surface area contributed by atoms with Crippen LogP contribution < -0.4 is 10.6 Å². The Morgan fingerprint density at radius 2 is 1.75 bits per heavy atom. The quantitative estimate of drug-likeness (QED) is 0.176. The van der Waals surface area contributed by atoms with Crippen molar-refractivity contribution in [1.29, 1.82) is 0 Å². The standard InChI is InChI=1S/C25H27Cl2N5O4/c1-36-23(34)20(31-24(35)25(11-2-3-12-25)13-14-29-32-28)15-16-7-9-17(10-8-16)30-22(33)21-18(26)5-4-6-19(21)27/h4-10,20H,2-3,11-15H2,1H3,(H,30,33)(H,31,35)/t20-/m0/s1. The van der Waals surface area contributed by atoms with Crippen molar-refractivity contribution >= 4 is 46.7 Å². The van der Waals surface area contributed by atoms with Crippen LogP contribution in [0, 0.1) is 5.41 Å². The van der Waals surface area contributed by atoms with Crippen LogP contribution in [-0.4, -0.2) is 37.5 Å². The Balaban J connectivity index is 1.69. The highest BCUT2D eigenvalue weighted by Gasteiger charge is 2.41. The van der Waals surface area contributed by atoms with Crippen LogP contribution in [0.3, 0.4) is 0 Å². The zero-order valence-electron chi connectivity index (χ0n) is 19.8. The van der Waals surface area contributed by atoms with Gasteiger partial charge in [0.15, 0.2) is 0 Å². The SMILES string of the molecule is COC(=O)[C@H](Cc1ccc(NC(=O)c2c(Cl)cccc2Cl)cc1)NC(=O)C1(CCN=[N+]=[N-])CCCC1. The van der Waals surface area contributed by atoms with Gasteiger partial charge in [0, 0.05) is 29.0 Å². The highest BCUT2D eigenvalue weighted by atomic mass is 35.5. The van der Waals surface area contributed by atoms with Gasteiger partial charge in [-0.3, -0.25) is 9.59 Å². The van der Waals surface area contributed by atoms with E-state index in [1.54, 1.807) is 42.5 Å². The fourth-order valence-electron chi connectivity index (χ4n) is 4.47. The van der Waals surface area contributed by atoms with Gasteiger partial charge >= 0.3 is 5.97 Å². The number of amides is 2. The molecule has 1 aliphatic rings. The first-order valence-electron chi connectivity index (χ1n) is 11.5. The summed E-state index contributed by atoms with van der Waals surface area (Å²) in [5.74, 6) is -1.23. The summed E-state index contributed by atoms with van der Waals surface area (Å²) in [5.41, 5.74) is 9.38. The largest absolute Gasteiger partial charge is 0.467 e. The van der Waals surface area contributed by atoms with Crippen LogP contribution in [0.1, 0.15) is 48.0 Å². The zero-order chi connectivity index (χ0) is 26.1. The van der Waals surface area contributed by atoms with Gasteiger partial charge in [0.25, 0.3) is 5.91 Å². The van der Waals surface area contributed by atoms with Crippen molar-refractivity contribution in [3.8, 4) is 0 Å². The lowest BCUT2D eigenvalue weighted by atomic mass is 9.81. The zero-order valence-corrected chi connectivity index (χ0v) is 21.3. The molecule has 1 aliphatic carbocycles. The predicted molar refractivity (Wildman–Crippen MR) is 138 cm³/mol. The van der Waals surface area contributed by atoms with E-state index in [2.05, 4.69) is 20.7 Å². The maximum atomic E-state index is 13.2. The van der Waals surface area contributed by atoms with Crippen LogP contribution in [0.5, 0.6) is 0 Å². The van der Waals surface area contributed by atoms with E-state index >= 15 is 0 Å². The second-order valence-electron chi connectivity index (χ2n) is 8.69. The highest BCUT2D eigenvalue weighted by molar-refractivity contribution is 6.40. The van der Waals surface area contributed by atoms with Crippen molar-refractivity contribution in [2.24, 2.45) is 10.5 Å². The van der Waals surface area contributed by atoms with Gasteiger partial charge in [-0.1, -0.05) is 59.4 Å². The van der Waals surface area contributed by atoms with Gasteiger partial charge in [0.05, 0.1) is 22.7 Å². The summed E-state index contributed by atoms with van der Waals surface area (Å²) in [5, 5.41) is 9.68. The lowest BCUT2D eigenvalue weighted by Crippen LogP contribution is -2.49. The summed E-state index contributed by atoms with van der Waals surface area (Å²) in [6, 6.07) is 10.8. The normalized spacial score (nSPS) is 14.9. The topological polar surface area (TPSA) is 133 Å². The van der Waals surface area contributed by atoms with E-state index in [1.165, 1.54) is 7.11 Å². The first-order chi connectivity index (χ1) is 17.3. The van der Waals surface area contributed by atoms with Crippen LogP contribution in [0.15, 0.2) is 47.6 Å². The minimum Gasteiger partial charge on any atom is -0.467 e. The van der Waals surface area contributed by atoms with Crippen molar-refractivity contribution in [1.82, 2.24) is 5.32 Å². The number of esters is 1. The molecular formula is C25H27Cl2N5O4. The molecule has 0 spiro atoms. The molecule has 36 heavy (non-hydrogen) atoms. The molecular weight excluding hydrogens is 505 g/mol. The third-order valence-electron chi connectivity index (χ3n) is 6.43. The Labute approximate surface area is 219 Å². The molecule has 0 radical (unpaired) electrons. The third-order valence-corrected chi connectivity index (χ3v) is 7.06. The average molecular weight is 532 g/mol. The average Bonchev–Trinajstić information content (AvgIpc) is 3.34. The van der Waals surface area contributed by atoms with Crippen LogP contribution >= 0.6 is 23.2 Å². The number of carbonyl (C=O) groups is 3. The molecule has 0 heterocycles. The molecule has 0 saturated heterocycles. The molecule has 0 aliphatic heterocycles. The molecule has 1 saturated carbocycles. The lowest BCUT2D eigenvalue weighted by Gasteiger charge is -2.29. The van der Waals surface area contributed by atoms with E-state index in [-0.39, 0.29) is 34.5 Å². The molecule has 2 aromatic rings. The molecule has 2 N–H and O–H groups in total. The molecule has 2 amide bonds. The second-order valence-corrected chi connectivity index (χ2v) is 9.51. The summed E-state index contributed by atoms with van der Waals surface area (Å²) < 4.78 is 4.93. The number of rotatable bonds is 10. The predicted octanol–water partition coefficient (Wildman–Crippen LogP) is 5.71. The fourth-order valence-corrected chi connectivity index (χ4v) is 5.04. The minimum atomic E-state index is -0.887. The Morgan fingerprint density at radius 1 is 1.11 bits per heavy atom. The smallest absolute Gasteiger partial charge is 0.328 e. The molecule has 2 aromatic carbocycles. The summed E-state index contributed by atoms with van der Waals surface area (Å²) in [6.07, 6.45) is 3.80. The number of carbonyl (C=O) groups excluding carboxylic acids is 3. The summed E-state index contributed by atoms with van der Waals surface area (Å²) in [7, 11) is 1.27. The van der Waals surface area contributed by atoms with E-state index in [1.807, 2.05) is 0 Å². The molecule has 190 valence electrons. The van der Waals surface area contributed by atoms with E-state index in [4.69, 9.17) is 33.5 Å². The van der Waals surface area contributed by atoms with Gasteiger partial charge in [0.2, 0.25) is 5.91 Å². The number of methoxy groups -OCH3 is 1. The van der Waals surface area contributed by atoms with E-state index in [0.29, 0.717) is 24.9 Å². The van der Waals surface area contributed by atoms with E-state index < -0.39 is 23.3 Å². The summed E-state index contributed by atoms with van der Waals surface area (Å²) in [4.78, 5) is 41.1. The number of halogens is 2. The highest BCUT2D eigenvalue weighted by Crippen LogP contribution is 2.41. The van der Waals surface area contributed by atoms with Crippen molar-refractivity contribution < 1.29 is 19.1 Å². The first kappa shape index (κ1) is 27.3. The van der Waals surface area contributed by atoms with E-state index in [0.717, 1.165) is 18.4 Å². The fraction of sp³-hybridized carbons (Fsp3) is 0.400. The number of ether oxygens (including phenoxy) is 1. The van der Waals surface area contributed by atoms with Gasteiger partial charge in [0.1, 0.15) is 6.04 Å². The van der Waals surface area contributed by atoms with Crippen molar-refractivity contribution in [2.75, 3.05) is 19.0 Å².